The van der Waals surface area contributed by atoms with Gasteiger partial charge in [-0.15, -0.1) is 0 Å². The molecular formula is C25H37N3O5. The second-order valence-corrected chi connectivity index (χ2v) is 9.33. The van der Waals surface area contributed by atoms with E-state index in [0.717, 1.165) is 19.3 Å². The fourth-order valence-electron chi connectivity index (χ4n) is 4.30. The molecule has 3 rings (SSSR count). The highest BCUT2D eigenvalue weighted by atomic mass is 16.5. The predicted octanol–water partition coefficient (Wildman–Crippen LogP) is 3.17. The number of carbonyl (C=O) groups excluding carboxylic acids is 3. The van der Waals surface area contributed by atoms with Crippen molar-refractivity contribution in [2.45, 2.75) is 58.6 Å². The van der Waals surface area contributed by atoms with Gasteiger partial charge < -0.3 is 24.6 Å². The van der Waals surface area contributed by atoms with Gasteiger partial charge in [-0.25, -0.2) is 0 Å². The third kappa shape index (κ3) is 5.85. The van der Waals surface area contributed by atoms with Crippen molar-refractivity contribution < 1.29 is 23.9 Å². The molecule has 1 aromatic rings. The minimum absolute atomic E-state index is 0.0331. The van der Waals surface area contributed by atoms with E-state index in [9.17, 15) is 14.4 Å². The fraction of sp³-hybridized carbons (Fsp3) is 0.640. The number of hydrogen-bond acceptors (Lipinski definition) is 5. The first-order chi connectivity index (χ1) is 15.7. The number of carbonyl (C=O) groups is 3. The second-order valence-electron chi connectivity index (χ2n) is 9.33. The molecule has 0 saturated heterocycles. The van der Waals surface area contributed by atoms with Gasteiger partial charge in [0.1, 0.15) is 12.4 Å². The molecule has 0 aromatic heterocycles. The summed E-state index contributed by atoms with van der Waals surface area (Å²) in [6, 6.07) is 4.94. The molecule has 1 saturated carbocycles. The van der Waals surface area contributed by atoms with Crippen LogP contribution < -0.4 is 10.1 Å². The summed E-state index contributed by atoms with van der Waals surface area (Å²) >= 11 is 0. The van der Waals surface area contributed by atoms with Gasteiger partial charge in [-0.1, -0.05) is 20.3 Å². The molecule has 1 aromatic carbocycles. The topological polar surface area (TPSA) is 88.2 Å². The molecule has 0 bridgehead atoms. The van der Waals surface area contributed by atoms with Gasteiger partial charge in [0.2, 0.25) is 11.8 Å². The zero-order valence-corrected chi connectivity index (χ0v) is 20.4. The molecule has 0 spiro atoms. The number of hydrogen-bond donors (Lipinski definition) is 1. The van der Waals surface area contributed by atoms with Crippen molar-refractivity contribution in [1.29, 1.82) is 0 Å². The first kappa shape index (κ1) is 25.0. The van der Waals surface area contributed by atoms with Gasteiger partial charge in [0.05, 0.1) is 17.7 Å². The average molecular weight is 460 g/mol. The van der Waals surface area contributed by atoms with E-state index in [-0.39, 0.29) is 48.3 Å². The number of amides is 3. The minimum atomic E-state index is -0.227. The number of nitrogens with zero attached hydrogens (tertiary/aromatic N) is 2. The van der Waals surface area contributed by atoms with E-state index in [1.54, 1.807) is 44.2 Å². The van der Waals surface area contributed by atoms with Crippen LogP contribution in [0.5, 0.6) is 5.75 Å². The number of likely N-dealkylation sites (N-methyl/N-ethyl adjacent to an activating group) is 1. The lowest BCUT2D eigenvalue weighted by Gasteiger charge is -2.39. The Morgan fingerprint density at radius 2 is 1.94 bits per heavy atom. The van der Waals surface area contributed by atoms with E-state index in [1.165, 1.54) is 0 Å². The summed E-state index contributed by atoms with van der Waals surface area (Å²) in [5.74, 6) is 0.408. The van der Waals surface area contributed by atoms with Crippen LogP contribution in [0.15, 0.2) is 18.2 Å². The summed E-state index contributed by atoms with van der Waals surface area (Å²) in [6.45, 7) is 7.01. The number of benzene rings is 1. The number of nitrogens with one attached hydrogen (secondary N) is 1. The van der Waals surface area contributed by atoms with Crippen molar-refractivity contribution in [3.63, 3.8) is 0 Å². The molecule has 0 radical (unpaired) electrons. The van der Waals surface area contributed by atoms with E-state index < -0.39 is 0 Å². The maximum Gasteiger partial charge on any atom is 0.257 e. The van der Waals surface area contributed by atoms with Crippen LogP contribution in [0.3, 0.4) is 0 Å². The number of methoxy groups -OCH3 is 1. The Kier molecular flexibility index (Phi) is 8.35. The molecule has 1 N–H and O–H groups in total. The van der Waals surface area contributed by atoms with Crippen LogP contribution in [-0.4, -0.2) is 73.5 Å². The standard InChI is InChI=1S/C25H37N3O5/c1-6-23(29)26-19-10-11-21-20(12-19)25(31)27(4)14-22(32-5)16(2)13-28(17(3)15-33-21)24(30)18-8-7-9-18/h10-12,16-18,22H,6-9,13-15H2,1-5H3,(H,26,29)/t16-,17+,22+/m1/s1. The first-order valence-corrected chi connectivity index (χ1v) is 11.9. The fourth-order valence-corrected chi connectivity index (χ4v) is 4.30. The van der Waals surface area contributed by atoms with Gasteiger partial charge in [0.15, 0.2) is 0 Å². The van der Waals surface area contributed by atoms with Gasteiger partial charge in [-0.3, -0.25) is 14.4 Å². The molecule has 2 aliphatic rings. The van der Waals surface area contributed by atoms with Gasteiger partial charge in [-0.2, -0.15) is 0 Å². The molecule has 3 atom stereocenters. The normalized spacial score (nSPS) is 24.6. The van der Waals surface area contributed by atoms with E-state index in [2.05, 4.69) is 12.2 Å². The van der Waals surface area contributed by atoms with E-state index in [4.69, 9.17) is 9.47 Å². The number of rotatable bonds is 4. The first-order valence-electron chi connectivity index (χ1n) is 11.9. The molecule has 8 nitrogen and oxygen atoms in total. The van der Waals surface area contributed by atoms with Gasteiger partial charge in [-0.05, 0) is 38.0 Å². The summed E-state index contributed by atoms with van der Waals surface area (Å²) in [7, 11) is 3.37. The predicted molar refractivity (Wildman–Crippen MR) is 126 cm³/mol. The third-order valence-corrected chi connectivity index (χ3v) is 6.79. The minimum Gasteiger partial charge on any atom is -0.491 e. The zero-order chi connectivity index (χ0) is 24.1. The van der Waals surface area contributed by atoms with Crippen molar-refractivity contribution >= 4 is 23.4 Å². The number of anilines is 1. The van der Waals surface area contributed by atoms with Gasteiger partial charge >= 0.3 is 0 Å². The van der Waals surface area contributed by atoms with Crippen LogP contribution in [0.4, 0.5) is 5.69 Å². The molecule has 3 amide bonds. The highest BCUT2D eigenvalue weighted by Gasteiger charge is 2.35. The van der Waals surface area contributed by atoms with E-state index in [1.807, 2.05) is 11.8 Å². The molecule has 33 heavy (non-hydrogen) atoms. The zero-order valence-electron chi connectivity index (χ0n) is 20.4. The molecule has 1 heterocycles. The summed E-state index contributed by atoms with van der Waals surface area (Å²) in [4.78, 5) is 41.9. The van der Waals surface area contributed by atoms with Crippen molar-refractivity contribution in [3.05, 3.63) is 23.8 Å². The van der Waals surface area contributed by atoms with Crippen LogP contribution in [0.25, 0.3) is 0 Å². The lowest BCUT2D eigenvalue weighted by molar-refractivity contribution is -0.142. The molecular weight excluding hydrogens is 422 g/mol. The lowest BCUT2D eigenvalue weighted by Crippen LogP contribution is -2.51. The quantitative estimate of drug-likeness (QED) is 0.747. The highest BCUT2D eigenvalue weighted by Crippen LogP contribution is 2.31. The summed E-state index contributed by atoms with van der Waals surface area (Å²) in [5.41, 5.74) is 0.920. The Labute approximate surface area is 196 Å². The molecule has 182 valence electrons. The molecule has 1 aliphatic heterocycles. The number of ether oxygens (including phenoxy) is 2. The van der Waals surface area contributed by atoms with Crippen LogP contribution in [-0.2, 0) is 14.3 Å². The molecule has 0 unspecified atom stereocenters. The Hall–Kier alpha value is -2.61. The molecule has 1 aliphatic carbocycles. The van der Waals surface area contributed by atoms with Crippen LogP contribution in [0.1, 0.15) is 56.8 Å². The maximum absolute atomic E-state index is 13.3. The second kappa shape index (κ2) is 11.0. The van der Waals surface area contributed by atoms with E-state index >= 15 is 0 Å². The van der Waals surface area contributed by atoms with Crippen molar-refractivity contribution in [3.8, 4) is 5.75 Å². The van der Waals surface area contributed by atoms with Crippen LogP contribution >= 0.6 is 0 Å². The maximum atomic E-state index is 13.3. The highest BCUT2D eigenvalue weighted by molar-refractivity contribution is 5.99. The smallest absolute Gasteiger partial charge is 0.257 e. The summed E-state index contributed by atoms with van der Waals surface area (Å²) < 4.78 is 11.8. The average Bonchev–Trinajstić information content (AvgIpc) is 2.76. The van der Waals surface area contributed by atoms with Crippen LogP contribution in [0.2, 0.25) is 0 Å². The van der Waals surface area contributed by atoms with Crippen molar-refractivity contribution in [2.75, 3.05) is 39.2 Å². The third-order valence-electron chi connectivity index (χ3n) is 6.79. The van der Waals surface area contributed by atoms with Gasteiger partial charge in [0, 0.05) is 51.2 Å². The monoisotopic (exact) mass is 459 g/mol. The Bertz CT molecular complexity index is 870. The Balaban J connectivity index is 1.94. The summed E-state index contributed by atoms with van der Waals surface area (Å²) in [6.07, 6.45) is 3.10. The SMILES string of the molecule is CCC(=O)Nc1ccc2c(c1)C(=O)N(C)C[C@H](OC)[C@H](C)CN(C(=O)C1CCC1)[C@@H](C)CO2. The largest absolute Gasteiger partial charge is 0.491 e. The molecule has 8 heteroatoms. The van der Waals surface area contributed by atoms with Crippen LogP contribution in [0, 0.1) is 11.8 Å². The van der Waals surface area contributed by atoms with Gasteiger partial charge in [0.25, 0.3) is 5.91 Å². The summed E-state index contributed by atoms with van der Waals surface area (Å²) in [5, 5.41) is 2.80. The Morgan fingerprint density at radius 3 is 2.55 bits per heavy atom. The van der Waals surface area contributed by atoms with E-state index in [0.29, 0.717) is 36.5 Å². The lowest BCUT2D eigenvalue weighted by atomic mass is 9.83. The van der Waals surface area contributed by atoms with Crippen molar-refractivity contribution in [1.82, 2.24) is 9.80 Å². The molecule has 1 fully saturated rings. The number of fused-ring (bicyclic) bond motifs is 1. The van der Waals surface area contributed by atoms with Crippen molar-refractivity contribution in [2.24, 2.45) is 11.8 Å². The Morgan fingerprint density at radius 1 is 1.21 bits per heavy atom.